The van der Waals surface area contributed by atoms with Gasteiger partial charge in [0.2, 0.25) is 0 Å². The van der Waals surface area contributed by atoms with Crippen LogP contribution in [-0.2, 0) is 0 Å². The Bertz CT molecular complexity index is 442. The molecule has 94 valence electrons. The number of hydrogen-bond acceptors (Lipinski definition) is 3. The number of amides is 1. The molecule has 0 aromatic carbocycles. The Morgan fingerprint density at radius 3 is 2.41 bits per heavy atom. The second-order valence-electron chi connectivity index (χ2n) is 3.12. The van der Waals surface area contributed by atoms with E-state index in [2.05, 4.69) is 9.98 Å². The Labute approximate surface area is 107 Å². The van der Waals surface area contributed by atoms with Crippen molar-refractivity contribution in [1.82, 2.24) is 4.98 Å². The fraction of sp³-hybridized carbons (Fsp3) is 0.417. The molecule has 0 radical (unpaired) electrons. The molecular formula is C12H18ClN3O. The molecule has 1 aromatic rings. The molecule has 0 aliphatic carbocycles. The molecule has 0 bridgehead atoms. The predicted molar refractivity (Wildman–Crippen MR) is 72.0 cm³/mol. The lowest BCUT2D eigenvalue weighted by Gasteiger charge is -2.09. The number of aryl methyl sites for hydroxylation is 1. The fourth-order valence-corrected chi connectivity index (χ4v) is 1.70. The van der Waals surface area contributed by atoms with Crippen molar-refractivity contribution in [2.24, 2.45) is 10.7 Å². The van der Waals surface area contributed by atoms with Crippen LogP contribution in [0.5, 0.6) is 0 Å². The Hall–Kier alpha value is -1.42. The van der Waals surface area contributed by atoms with Crippen LogP contribution in [0.25, 0.3) is 0 Å². The molecule has 1 amide bonds. The van der Waals surface area contributed by atoms with Crippen LogP contribution in [0.15, 0.2) is 11.2 Å². The molecule has 1 rings (SSSR count). The highest BCUT2D eigenvalue weighted by atomic mass is 35.5. The van der Waals surface area contributed by atoms with E-state index < -0.39 is 5.91 Å². The number of aromatic nitrogens is 1. The van der Waals surface area contributed by atoms with Gasteiger partial charge in [-0.05, 0) is 13.8 Å². The molecule has 0 aliphatic heterocycles. The minimum Gasteiger partial charge on any atom is -0.366 e. The summed E-state index contributed by atoms with van der Waals surface area (Å²) < 4.78 is 0. The van der Waals surface area contributed by atoms with E-state index in [0.29, 0.717) is 10.6 Å². The average Bonchev–Trinajstić information content (AvgIpc) is 2.30. The van der Waals surface area contributed by atoms with Crippen LogP contribution >= 0.6 is 11.6 Å². The third-order valence-electron chi connectivity index (χ3n) is 2.17. The number of rotatable bonds is 2. The van der Waals surface area contributed by atoms with Crippen molar-refractivity contribution >= 4 is 23.2 Å². The normalized spacial score (nSPS) is 10.6. The van der Waals surface area contributed by atoms with Gasteiger partial charge in [0.25, 0.3) is 5.91 Å². The van der Waals surface area contributed by atoms with Crippen molar-refractivity contribution in [3.05, 3.63) is 28.0 Å². The van der Waals surface area contributed by atoms with Crippen LogP contribution in [0.2, 0.25) is 5.02 Å². The first kappa shape index (κ1) is 15.6. The number of aliphatic imine (C=N–C) groups is 1. The van der Waals surface area contributed by atoms with E-state index in [1.165, 1.54) is 6.20 Å². The number of primary amides is 1. The monoisotopic (exact) mass is 255 g/mol. The van der Waals surface area contributed by atoms with Crippen LogP contribution in [0, 0.1) is 6.92 Å². The predicted octanol–water partition coefficient (Wildman–Crippen LogP) is 2.61. The average molecular weight is 256 g/mol. The van der Waals surface area contributed by atoms with Gasteiger partial charge >= 0.3 is 0 Å². The van der Waals surface area contributed by atoms with Crippen molar-refractivity contribution in [1.29, 1.82) is 0 Å². The highest BCUT2D eigenvalue weighted by molar-refractivity contribution is 6.37. The fourth-order valence-electron chi connectivity index (χ4n) is 1.28. The molecule has 4 nitrogen and oxygen atoms in total. The molecule has 0 spiro atoms. The van der Waals surface area contributed by atoms with Crippen LogP contribution in [0.3, 0.4) is 0 Å². The number of nitrogens with two attached hydrogens (primary N) is 1. The lowest BCUT2D eigenvalue weighted by atomic mass is 10.1. The Kier molecular flexibility index (Phi) is 6.43. The number of nitrogens with zero attached hydrogens (tertiary/aromatic N) is 2. The molecule has 0 aliphatic rings. The molecule has 0 unspecified atom stereocenters. The second-order valence-corrected chi connectivity index (χ2v) is 3.50. The highest BCUT2D eigenvalue weighted by Gasteiger charge is 2.15. The summed E-state index contributed by atoms with van der Waals surface area (Å²) in [6.07, 6.45) is 1.38. The Morgan fingerprint density at radius 1 is 1.47 bits per heavy atom. The Balaban J connectivity index is 0.00000121. The van der Waals surface area contributed by atoms with Crippen molar-refractivity contribution in [3.63, 3.8) is 0 Å². The topological polar surface area (TPSA) is 68.3 Å². The summed E-state index contributed by atoms with van der Waals surface area (Å²) in [6, 6.07) is 0. The standard InChI is InChI=1S/C10H12ClN3O.C2H6/c1-5(13-3)8-6(2)14-4-7(9(8)11)10(12)15;1-2/h4H,1-3H3,(H2,12,15);1-2H3. The summed E-state index contributed by atoms with van der Waals surface area (Å²) in [5.74, 6) is -0.586. The first-order chi connectivity index (χ1) is 7.99. The molecule has 0 saturated heterocycles. The summed E-state index contributed by atoms with van der Waals surface area (Å²) in [5.41, 5.74) is 7.53. The maximum Gasteiger partial charge on any atom is 0.251 e. The largest absolute Gasteiger partial charge is 0.366 e. The molecule has 0 atom stereocenters. The smallest absolute Gasteiger partial charge is 0.251 e. The van der Waals surface area contributed by atoms with Crippen LogP contribution in [0.4, 0.5) is 0 Å². The number of halogens is 1. The maximum absolute atomic E-state index is 11.1. The van der Waals surface area contributed by atoms with E-state index in [9.17, 15) is 4.79 Å². The summed E-state index contributed by atoms with van der Waals surface area (Å²) in [6.45, 7) is 7.61. The van der Waals surface area contributed by atoms with Gasteiger partial charge in [-0.3, -0.25) is 14.8 Å². The van der Waals surface area contributed by atoms with E-state index in [4.69, 9.17) is 17.3 Å². The molecule has 1 heterocycles. The van der Waals surface area contributed by atoms with E-state index in [1.54, 1.807) is 20.9 Å². The van der Waals surface area contributed by atoms with Gasteiger partial charge < -0.3 is 5.73 Å². The molecule has 2 N–H and O–H groups in total. The van der Waals surface area contributed by atoms with E-state index >= 15 is 0 Å². The highest BCUT2D eigenvalue weighted by Crippen LogP contribution is 2.23. The van der Waals surface area contributed by atoms with Gasteiger partial charge in [-0.1, -0.05) is 25.4 Å². The van der Waals surface area contributed by atoms with Gasteiger partial charge in [-0.25, -0.2) is 0 Å². The first-order valence-electron chi connectivity index (χ1n) is 5.37. The van der Waals surface area contributed by atoms with Crippen molar-refractivity contribution in [2.75, 3.05) is 7.05 Å². The summed E-state index contributed by atoms with van der Waals surface area (Å²) >= 11 is 6.06. The van der Waals surface area contributed by atoms with Gasteiger partial charge in [0.15, 0.2) is 0 Å². The number of carbonyl (C=O) groups excluding carboxylic acids is 1. The molecule has 5 heteroatoms. The first-order valence-corrected chi connectivity index (χ1v) is 5.75. The number of hydrogen-bond donors (Lipinski definition) is 1. The van der Waals surface area contributed by atoms with Crippen LogP contribution in [0.1, 0.15) is 42.4 Å². The van der Waals surface area contributed by atoms with E-state index in [0.717, 1.165) is 11.4 Å². The van der Waals surface area contributed by atoms with Gasteiger partial charge in [0, 0.05) is 30.2 Å². The van der Waals surface area contributed by atoms with Crippen molar-refractivity contribution in [2.45, 2.75) is 27.7 Å². The lowest BCUT2D eigenvalue weighted by molar-refractivity contribution is 0.1000. The van der Waals surface area contributed by atoms with E-state index in [-0.39, 0.29) is 5.56 Å². The van der Waals surface area contributed by atoms with Crippen LogP contribution < -0.4 is 5.73 Å². The number of carbonyl (C=O) groups is 1. The number of pyridine rings is 1. The second kappa shape index (κ2) is 7.01. The lowest BCUT2D eigenvalue weighted by Crippen LogP contribution is -2.15. The molecular weight excluding hydrogens is 238 g/mol. The molecule has 17 heavy (non-hydrogen) atoms. The zero-order chi connectivity index (χ0) is 13.6. The summed E-state index contributed by atoms with van der Waals surface area (Å²) in [4.78, 5) is 19.1. The van der Waals surface area contributed by atoms with Crippen LogP contribution in [-0.4, -0.2) is 23.7 Å². The zero-order valence-electron chi connectivity index (χ0n) is 10.8. The summed E-state index contributed by atoms with van der Waals surface area (Å²) in [7, 11) is 1.65. The molecule has 1 aromatic heterocycles. The summed E-state index contributed by atoms with van der Waals surface area (Å²) in [5, 5.41) is 0.318. The van der Waals surface area contributed by atoms with Gasteiger partial charge in [-0.15, -0.1) is 0 Å². The third-order valence-corrected chi connectivity index (χ3v) is 2.56. The third kappa shape index (κ3) is 3.53. The van der Waals surface area contributed by atoms with Gasteiger partial charge in [0.1, 0.15) is 0 Å². The van der Waals surface area contributed by atoms with Gasteiger partial charge in [-0.2, -0.15) is 0 Å². The van der Waals surface area contributed by atoms with Crippen molar-refractivity contribution in [3.8, 4) is 0 Å². The molecule has 0 saturated carbocycles. The SMILES string of the molecule is CC.CN=C(C)c1c(C)ncc(C(N)=O)c1Cl. The maximum atomic E-state index is 11.1. The minimum atomic E-state index is -0.586. The van der Waals surface area contributed by atoms with Crippen molar-refractivity contribution < 1.29 is 4.79 Å². The minimum absolute atomic E-state index is 0.222. The zero-order valence-corrected chi connectivity index (χ0v) is 11.6. The van der Waals surface area contributed by atoms with E-state index in [1.807, 2.05) is 13.8 Å². The Morgan fingerprint density at radius 2 is 2.00 bits per heavy atom. The van der Waals surface area contributed by atoms with Gasteiger partial charge in [0.05, 0.1) is 10.6 Å². The quantitative estimate of drug-likeness (QED) is 0.826. The molecule has 0 fully saturated rings.